The fraction of sp³-hybridized carbons (Fsp3) is 0.250. The second-order valence-corrected chi connectivity index (χ2v) is 7.48. The zero-order chi connectivity index (χ0) is 19.8. The molecule has 0 bridgehead atoms. The summed E-state index contributed by atoms with van der Waals surface area (Å²) in [5, 5.41) is 3.57. The molecule has 0 fully saturated rings. The van der Waals surface area contributed by atoms with Crippen molar-refractivity contribution in [1.82, 2.24) is 5.32 Å². The lowest BCUT2D eigenvalue weighted by atomic mass is 10.1. The van der Waals surface area contributed by atoms with Crippen molar-refractivity contribution < 1.29 is 9.47 Å². The molecule has 0 amide bonds. The Morgan fingerprint density at radius 3 is 2.21 bits per heavy atom. The number of nitrogens with one attached hydrogen (secondary N) is 1. The Hall–Kier alpha value is -2.01. The fourth-order valence-electron chi connectivity index (χ4n) is 2.99. The van der Waals surface area contributed by atoms with Gasteiger partial charge < -0.3 is 14.8 Å². The monoisotopic (exact) mass is 475 g/mol. The lowest BCUT2D eigenvalue weighted by Crippen LogP contribution is -2.18. The molecule has 0 heterocycles. The molecular formula is C24H27BrClNO2. The maximum atomic E-state index is 6.06. The van der Waals surface area contributed by atoms with Gasteiger partial charge in [-0.15, -0.1) is 12.4 Å². The van der Waals surface area contributed by atoms with Crippen LogP contribution in [0.5, 0.6) is 11.5 Å². The van der Waals surface area contributed by atoms with Gasteiger partial charge in [-0.05, 0) is 58.6 Å². The van der Waals surface area contributed by atoms with Gasteiger partial charge in [0.25, 0.3) is 0 Å². The first-order chi connectivity index (χ1) is 13.7. The van der Waals surface area contributed by atoms with Gasteiger partial charge in [0.15, 0.2) is 11.5 Å². The molecule has 0 saturated heterocycles. The van der Waals surface area contributed by atoms with Crippen molar-refractivity contribution in [2.75, 3.05) is 6.61 Å². The molecule has 0 radical (unpaired) electrons. The molecule has 0 aliphatic rings. The SMILES string of the molecule is CCOc1cc(CNC(C)c2ccccc2)cc(Br)c1OCc1ccccc1.Cl. The molecule has 0 aromatic heterocycles. The fourth-order valence-corrected chi connectivity index (χ4v) is 3.59. The molecule has 3 rings (SSSR count). The van der Waals surface area contributed by atoms with E-state index >= 15 is 0 Å². The lowest BCUT2D eigenvalue weighted by Gasteiger charge is -2.18. The Balaban J connectivity index is 0.00000300. The van der Waals surface area contributed by atoms with E-state index in [1.807, 2.05) is 31.2 Å². The third-order valence-electron chi connectivity index (χ3n) is 4.51. The molecule has 3 aromatic carbocycles. The third kappa shape index (κ3) is 6.77. The van der Waals surface area contributed by atoms with Gasteiger partial charge in [0, 0.05) is 12.6 Å². The molecule has 154 valence electrons. The van der Waals surface area contributed by atoms with Gasteiger partial charge in [-0.2, -0.15) is 0 Å². The van der Waals surface area contributed by atoms with Crippen molar-refractivity contribution in [1.29, 1.82) is 0 Å². The van der Waals surface area contributed by atoms with Crippen molar-refractivity contribution >= 4 is 28.3 Å². The molecule has 5 heteroatoms. The van der Waals surface area contributed by atoms with Crippen molar-refractivity contribution in [3.63, 3.8) is 0 Å². The summed E-state index contributed by atoms with van der Waals surface area (Å²) in [6.07, 6.45) is 0. The third-order valence-corrected chi connectivity index (χ3v) is 5.10. The number of ether oxygens (including phenoxy) is 2. The van der Waals surface area contributed by atoms with Crippen LogP contribution >= 0.6 is 28.3 Å². The number of benzene rings is 3. The highest BCUT2D eigenvalue weighted by atomic mass is 79.9. The Morgan fingerprint density at radius 2 is 1.55 bits per heavy atom. The second kappa shape index (κ2) is 11.9. The van der Waals surface area contributed by atoms with Crippen LogP contribution in [-0.2, 0) is 13.2 Å². The highest BCUT2D eigenvalue weighted by molar-refractivity contribution is 9.10. The number of hydrogen-bond donors (Lipinski definition) is 1. The van der Waals surface area contributed by atoms with Gasteiger partial charge in [0.05, 0.1) is 11.1 Å². The van der Waals surface area contributed by atoms with E-state index in [0.717, 1.165) is 33.6 Å². The molecule has 3 nitrogen and oxygen atoms in total. The van der Waals surface area contributed by atoms with Crippen LogP contribution in [0.15, 0.2) is 77.3 Å². The van der Waals surface area contributed by atoms with Crippen LogP contribution in [0.1, 0.15) is 36.6 Å². The smallest absolute Gasteiger partial charge is 0.175 e. The highest BCUT2D eigenvalue weighted by Gasteiger charge is 2.13. The Morgan fingerprint density at radius 1 is 0.897 bits per heavy atom. The lowest BCUT2D eigenvalue weighted by molar-refractivity contribution is 0.267. The summed E-state index contributed by atoms with van der Waals surface area (Å²) in [5.74, 6) is 1.50. The number of halogens is 2. The molecular weight excluding hydrogens is 450 g/mol. The van der Waals surface area contributed by atoms with Gasteiger partial charge in [-0.3, -0.25) is 0 Å². The Bertz CT molecular complexity index is 875. The zero-order valence-corrected chi connectivity index (χ0v) is 19.1. The minimum absolute atomic E-state index is 0. The van der Waals surface area contributed by atoms with Gasteiger partial charge in [-0.1, -0.05) is 60.7 Å². The minimum atomic E-state index is 0. The van der Waals surface area contributed by atoms with E-state index in [-0.39, 0.29) is 18.4 Å². The minimum Gasteiger partial charge on any atom is -0.490 e. The topological polar surface area (TPSA) is 30.5 Å². The van der Waals surface area contributed by atoms with Crippen LogP contribution in [0.4, 0.5) is 0 Å². The van der Waals surface area contributed by atoms with Gasteiger partial charge in [0.1, 0.15) is 6.61 Å². The summed E-state index contributed by atoms with van der Waals surface area (Å²) in [4.78, 5) is 0. The van der Waals surface area contributed by atoms with E-state index in [2.05, 4.69) is 76.7 Å². The summed E-state index contributed by atoms with van der Waals surface area (Å²) >= 11 is 3.66. The molecule has 3 aromatic rings. The van der Waals surface area contributed by atoms with E-state index in [1.165, 1.54) is 5.56 Å². The summed E-state index contributed by atoms with van der Waals surface area (Å²) < 4.78 is 12.8. The van der Waals surface area contributed by atoms with Gasteiger partial charge in [-0.25, -0.2) is 0 Å². The van der Waals surface area contributed by atoms with E-state index in [0.29, 0.717) is 13.2 Å². The molecule has 0 spiro atoms. The summed E-state index contributed by atoms with van der Waals surface area (Å²) in [6.45, 7) is 5.99. The molecule has 0 aliphatic heterocycles. The van der Waals surface area contributed by atoms with Crippen LogP contribution in [0.3, 0.4) is 0 Å². The van der Waals surface area contributed by atoms with Crippen molar-refractivity contribution in [3.05, 3.63) is 94.0 Å². The average Bonchev–Trinajstić information content (AvgIpc) is 2.73. The predicted octanol–water partition coefficient (Wildman–Crippen LogP) is 6.70. The van der Waals surface area contributed by atoms with Crippen LogP contribution < -0.4 is 14.8 Å². The van der Waals surface area contributed by atoms with E-state index < -0.39 is 0 Å². The number of hydrogen-bond acceptors (Lipinski definition) is 3. The van der Waals surface area contributed by atoms with E-state index in [1.54, 1.807) is 0 Å². The normalized spacial score (nSPS) is 11.4. The Labute approximate surface area is 188 Å². The zero-order valence-electron chi connectivity index (χ0n) is 16.7. The first-order valence-electron chi connectivity index (χ1n) is 9.57. The van der Waals surface area contributed by atoms with Crippen LogP contribution in [0, 0.1) is 0 Å². The van der Waals surface area contributed by atoms with E-state index in [9.17, 15) is 0 Å². The van der Waals surface area contributed by atoms with E-state index in [4.69, 9.17) is 9.47 Å². The van der Waals surface area contributed by atoms with Gasteiger partial charge >= 0.3 is 0 Å². The molecule has 1 atom stereocenters. The number of rotatable bonds is 9. The quantitative estimate of drug-likeness (QED) is 0.373. The summed E-state index contributed by atoms with van der Waals surface area (Å²) in [7, 11) is 0. The predicted molar refractivity (Wildman–Crippen MR) is 125 cm³/mol. The standard InChI is InChI=1S/C24H26BrNO2.ClH/c1-3-27-23-15-20(16-26-18(2)21-12-8-5-9-13-21)14-22(25)24(23)28-17-19-10-6-4-7-11-19;/h4-15,18,26H,3,16-17H2,1-2H3;1H. The molecule has 1 unspecified atom stereocenters. The summed E-state index contributed by atoms with van der Waals surface area (Å²) in [6, 6.07) is 25.0. The molecule has 1 N–H and O–H groups in total. The maximum Gasteiger partial charge on any atom is 0.175 e. The van der Waals surface area contributed by atoms with Crippen molar-refractivity contribution in [3.8, 4) is 11.5 Å². The van der Waals surface area contributed by atoms with Crippen molar-refractivity contribution in [2.45, 2.75) is 33.0 Å². The highest BCUT2D eigenvalue weighted by Crippen LogP contribution is 2.37. The summed E-state index contributed by atoms with van der Waals surface area (Å²) in [5.41, 5.74) is 3.54. The molecule has 0 aliphatic carbocycles. The first-order valence-corrected chi connectivity index (χ1v) is 10.4. The molecule has 29 heavy (non-hydrogen) atoms. The first kappa shape index (κ1) is 23.3. The van der Waals surface area contributed by atoms with Crippen LogP contribution in [0.2, 0.25) is 0 Å². The van der Waals surface area contributed by atoms with Crippen LogP contribution in [0.25, 0.3) is 0 Å². The van der Waals surface area contributed by atoms with Crippen molar-refractivity contribution in [2.24, 2.45) is 0 Å². The average molecular weight is 477 g/mol. The van der Waals surface area contributed by atoms with Gasteiger partial charge in [0.2, 0.25) is 0 Å². The molecule has 0 saturated carbocycles. The maximum absolute atomic E-state index is 6.06. The largest absolute Gasteiger partial charge is 0.490 e. The second-order valence-electron chi connectivity index (χ2n) is 6.63. The Kier molecular flexibility index (Phi) is 9.52. The van der Waals surface area contributed by atoms with Crippen LogP contribution in [-0.4, -0.2) is 6.61 Å².